The largest absolute Gasteiger partial charge is 0.496 e. The van der Waals surface area contributed by atoms with Gasteiger partial charge >= 0.3 is 0 Å². The molecule has 0 radical (unpaired) electrons. The van der Waals surface area contributed by atoms with Gasteiger partial charge in [-0.3, -0.25) is 4.90 Å². The van der Waals surface area contributed by atoms with E-state index in [1.54, 1.807) is 7.11 Å². The topological polar surface area (TPSA) is 38.5 Å². The van der Waals surface area contributed by atoms with Gasteiger partial charge in [-0.2, -0.15) is 11.8 Å². The number of hydrogen-bond donors (Lipinski definition) is 1. The van der Waals surface area contributed by atoms with Gasteiger partial charge in [0.25, 0.3) is 0 Å². The van der Waals surface area contributed by atoms with Crippen LogP contribution in [0.4, 0.5) is 5.69 Å². The number of anilines is 1. The van der Waals surface area contributed by atoms with Crippen molar-refractivity contribution in [1.29, 1.82) is 0 Å². The average Bonchev–Trinajstić information content (AvgIpc) is 2.83. The highest BCUT2D eigenvalue weighted by Crippen LogP contribution is 2.26. The zero-order valence-corrected chi connectivity index (χ0v) is 11.3. The number of ether oxygens (including phenoxy) is 1. The molecule has 0 aliphatic carbocycles. The van der Waals surface area contributed by atoms with Crippen LogP contribution in [0.2, 0.25) is 0 Å². The molecule has 0 bridgehead atoms. The number of methoxy groups -OCH3 is 1. The maximum absolute atomic E-state index is 5.83. The molecule has 1 unspecified atom stereocenters. The van der Waals surface area contributed by atoms with E-state index in [0.717, 1.165) is 18.0 Å². The van der Waals surface area contributed by atoms with Crippen LogP contribution in [-0.4, -0.2) is 36.6 Å². The van der Waals surface area contributed by atoms with E-state index in [1.807, 2.05) is 30.0 Å². The Labute approximate surface area is 107 Å². The van der Waals surface area contributed by atoms with Crippen LogP contribution < -0.4 is 10.5 Å². The smallest absolute Gasteiger partial charge is 0.123 e. The maximum atomic E-state index is 5.83. The molecule has 0 amide bonds. The quantitative estimate of drug-likeness (QED) is 0.834. The number of nitrogens with two attached hydrogens (primary N) is 1. The second kappa shape index (κ2) is 5.65. The highest BCUT2D eigenvalue weighted by Gasteiger charge is 2.20. The molecule has 1 heterocycles. The van der Waals surface area contributed by atoms with Crippen LogP contribution >= 0.6 is 11.8 Å². The summed E-state index contributed by atoms with van der Waals surface area (Å²) < 4.78 is 5.38. The van der Waals surface area contributed by atoms with Crippen LogP contribution in [0.15, 0.2) is 18.2 Å². The number of benzene rings is 1. The van der Waals surface area contributed by atoms with Crippen molar-refractivity contribution in [2.75, 3.05) is 31.4 Å². The molecule has 1 atom stereocenters. The lowest BCUT2D eigenvalue weighted by molar-refractivity contribution is 0.250. The molecule has 1 saturated heterocycles. The van der Waals surface area contributed by atoms with E-state index in [0.29, 0.717) is 6.04 Å². The molecular formula is C13H20N2OS. The third-order valence-corrected chi connectivity index (χ3v) is 4.40. The predicted octanol–water partition coefficient (Wildman–Crippen LogP) is 2.21. The summed E-state index contributed by atoms with van der Waals surface area (Å²) in [5.41, 5.74) is 7.81. The minimum absolute atomic E-state index is 0.686. The lowest BCUT2D eigenvalue weighted by atomic mass is 10.1. The molecule has 3 nitrogen and oxygen atoms in total. The summed E-state index contributed by atoms with van der Waals surface area (Å²) in [5, 5.41) is 0. The number of nitrogens with zero attached hydrogens (tertiary/aromatic N) is 1. The van der Waals surface area contributed by atoms with E-state index in [1.165, 1.54) is 23.5 Å². The van der Waals surface area contributed by atoms with Gasteiger partial charge < -0.3 is 10.5 Å². The molecule has 1 aliphatic rings. The Morgan fingerprint density at radius 3 is 3.00 bits per heavy atom. The maximum Gasteiger partial charge on any atom is 0.123 e. The van der Waals surface area contributed by atoms with Gasteiger partial charge in [0.2, 0.25) is 0 Å². The van der Waals surface area contributed by atoms with E-state index >= 15 is 0 Å². The Morgan fingerprint density at radius 1 is 1.53 bits per heavy atom. The Balaban J connectivity index is 2.08. The third-order valence-electron chi connectivity index (χ3n) is 3.25. The fourth-order valence-electron chi connectivity index (χ4n) is 2.19. The number of rotatable bonds is 4. The fourth-order valence-corrected chi connectivity index (χ4v) is 3.49. The SMILES string of the molecule is COc1ccc(N)cc1CN(C)C1CCSC1. The van der Waals surface area contributed by atoms with Gasteiger partial charge in [-0.05, 0) is 37.4 Å². The van der Waals surface area contributed by atoms with Crippen molar-refractivity contribution < 1.29 is 4.74 Å². The lowest BCUT2D eigenvalue weighted by Crippen LogP contribution is -2.31. The first-order chi connectivity index (χ1) is 8.20. The number of thioether (sulfide) groups is 1. The molecule has 1 aromatic rings. The van der Waals surface area contributed by atoms with Crippen molar-refractivity contribution in [3.05, 3.63) is 23.8 Å². The monoisotopic (exact) mass is 252 g/mol. The zero-order chi connectivity index (χ0) is 12.3. The second-order valence-corrected chi connectivity index (χ2v) is 5.65. The molecule has 1 fully saturated rings. The first-order valence-corrected chi connectivity index (χ1v) is 7.06. The van der Waals surface area contributed by atoms with Gasteiger partial charge in [0.15, 0.2) is 0 Å². The van der Waals surface area contributed by atoms with Gasteiger partial charge in [-0.15, -0.1) is 0 Å². The molecule has 0 saturated carbocycles. The van der Waals surface area contributed by atoms with Crippen molar-refractivity contribution in [2.24, 2.45) is 0 Å². The van der Waals surface area contributed by atoms with Crippen LogP contribution in [0.3, 0.4) is 0 Å². The third kappa shape index (κ3) is 3.07. The van der Waals surface area contributed by atoms with E-state index in [4.69, 9.17) is 10.5 Å². The first kappa shape index (κ1) is 12.6. The summed E-state index contributed by atoms with van der Waals surface area (Å²) in [6, 6.07) is 6.53. The summed E-state index contributed by atoms with van der Waals surface area (Å²) in [7, 11) is 3.89. The van der Waals surface area contributed by atoms with Gasteiger partial charge in [0, 0.05) is 29.6 Å². The number of hydrogen-bond acceptors (Lipinski definition) is 4. The van der Waals surface area contributed by atoms with E-state index in [-0.39, 0.29) is 0 Å². The van der Waals surface area contributed by atoms with Crippen molar-refractivity contribution in [3.8, 4) is 5.75 Å². The van der Waals surface area contributed by atoms with E-state index < -0.39 is 0 Å². The molecule has 2 rings (SSSR count). The van der Waals surface area contributed by atoms with E-state index in [2.05, 4.69) is 11.9 Å². The van der Waals surface area contributed by atoms with Gasteiger partial charge in [-0.1, -0.05) is 0 Å². The van der Waals surface area contributed by atoms with Gasteiger partial charge in [0.1, 0.15) is 5.75 Å². The van der Waals surface area contributed by atoms with Crippen molar-refractivity contribution in [1.82, 2.24) is 4.90 Å². The molecular weight excluding hydrogens is 232 g/mol. The Bertz CT molecular complexity index is 378. The number of nitrogen functional groups attached to an aromatic ring is 1. The predicted molar refractivity (Wildman–Crippen MR) is 74.6 cm³/mol. The molecule has 94 valence electrons. The Morgan fingerprint density at radius 2 is 2.35 bits per heavy atom. The van der Waals surface area contributed by atoms with Crippen molar-refractivity contribution in [3.63, 3.8) is 0 Å². The average molecular weight is 252 g/mol. The summed E-state index contributed by atoms with van der Waals surface area (Å²) in [6.07, 6.45) is 1.28. The second-order valence-electron chi connectivity index (χ2n) is 4.50. The first-order valence-electron chi connectivity index (χ1n) is 5.91. The summed E-state index contributed by atoms with van der Waals surface area (Å²) in [6.45, 7) is 0.902. The minimum Gasteiger partial charge on any atom is -0.496 e. The summed E-state index contributed by atoms with van der Waals surface area (Å²) in [5.74, 6) is 3.45. The van der Waals surface area contributed by atoms with Crippen LogP contribution in [0.5, 0.6) is 5.75 Å². The summed E-state index contributed by atoms with van der Waals surface area (Å²) in [4.78, 5) is 2.40. The van der Waals surface area contributed by atoms with Crippen molar-refractivity contribution in [2.45, 2.75) is 19.0 Å². The van der Waals surface area contributed by atoms with E-state index in [9.17, 15) is 0 Å². The minimum atomic E-state index is 0.686. The van der Waals surface area contributed by atoms with Crippen LogP contribution in [0.25, 0.3) is 0 Å². The molecule has 2 N–H and O–H groups in total. The molecule has 1 aromatic carbocycles. The lowest BCUT2D eigenvalue weighted by Gasteiger charge is -2.24. The molecule has 0 spiro atoms. The highest BCUT2D eigenvalue weighted by molar-refractivity contribution is 7.99. The van der Waals surface area contributed by atoms with Crippen LogP contribution in [0.1, 0.15) is 12.0 Å². The van der Waals surface area contributed by atoms with Gasteiger partial charge in [-0.25, -0.2) is 0 Å². The van der Waals surface area contributed by atoms with Crippen molar-refractivity contribution >= 4 is 17.4 Å². The zero-order valence-electron chi connectivity index (χ0n) is 10.5. The van der Waals surface area contributed by atoms with Crippen LogP contribution in [0, 0.1) is 0 Å². The normalized spacial score (nSPS) is 19.8. The highest BCUT2D eigenvalue weighted by atomic mass is 32.2. The molecule has 17 heavy (non-hydrogen) atoms. The van der Waals surface area contributed by atoms with Gasteiger partial charge in [0.05, 0.1) is 7.11 Å². The van der Waals surface area contributed by atoms with Crippen LogP contribution in [-0.2, 0) is 6.54 Å². The summed E-state index contributed by atoms with van der Waals surface area (Å²) >= 11 is 2.04. The molecule has 0 aromatic heterocycles. The Hall–Kier alpha value is -0.870. The standard InChI is InChI=1S/C13H20N2OS/c1-15(12-5-6-17-9-12)8-10-7-11(14)3-4-13(10)16-2/h3-4,7,12H,5-6,8-9,14H2,1-2H3. The fraction of sp³-hybridized carbons (Fsp3) is 0.538. The Kier molecular flexibility index (Phi) is 4.18. The molecule has 1 aliphatic heterocycles. The molecule has 4 heteroatoms.